The highest BCUT2D eigenvalue weighted by atomic mass is 16.3. The van der Waals surface area contributed by atoms with Crippen LogP contribution in [0.5, 0.6) is 0 Å². The molecule has 3 N–H and O–H groups in total. The molecule has 5 nitrogen and oxygen atoms in total. The maximum Gasteiger partial charge on any atom is 0.223 e. The lowest BCUT2D eigenvalue weighted by molar-refractivity contribution is -0.123. The molecule has 0 radical (unpaired) electrons. The molecule has 2 rings (SSSR count). The first-order chi connectivity index (χ1) is 11.0. The summed E-state index contributed by atoms with van der Waals surface area (Å²) >= 11 is 0. The zero-order valence-corrected chi connectivity index (χ0v) is 13.8. The monoisotopic (exact) mass is 320 g/mol. The second-order valence-corrected chi connectivity index (χ2v) is 6.57. The second-order valence-electron chi connectivity index (χ2n) is 6.57. The van der Waals surface area contributed by atoms with Crippen LogP contribution >= 0.6 is 0 Å². The third kappa shape index (κ3) is 6.29. The molecule has 5 heteroatoms. The molecule has 1 saturated heterocycles. The summed E-state index contributed by atoms with van der Waals surface area (Å²) in [6.07, 6.45) is 0.973. The highest BCUT2D eigenvalue weighted by Crippen LogP contribution is 2.16. The summed E-state index contributed by atoms with van der Waals surface area (Å²) in [6.45, 7) is 5.10. The maximum atomic E-state index is 11.9. The molecular weight excluding hydrogens is 292 g/mol. The van der Waals surface area contributed by atoms with Crippen molar-refractivity contribution in [3.63, 3.8) is 0 Å². The van der Waals surface area contributed by atoms with E-state index in [1.807, 2.05) is 18.2 Å². The number of nitrogens with one attached hydrogen (secondary N) is 1. The predicted molar refractivity (Wildman–Crippen MR) is 89.9 cm³/mol. The van der Waals surface area contributed by atoms with Crippen molar-refractivity contribution in [2.24, 2.45) is 5.92 Å². The van der Waals surface area contributed by atoms with E-state index < -0.39 is 12.2 Å². The van der Waals surface area contributed by atoms with Gasteiger partial charge in [-0.15, -0.1) is 0 Å². The highest BCUT2D eigenvalue weighted by Gasteiger charge is 2.19. The van der Waals surface area contributed by atoms with Crippen LogP contribution < -0.4 is 5.32 Å². The van der Waals surface area contributed by atoms with Crippen LogP contribution in [0, 0.1) is 5.92 Å². The fourth-order valence-electron chi connectivity index (χ4n) is 2.88. The zero-order valence-electron chi connectivity index (χ0n) is 13.8. The van der Waals surface area contributed by atoms with Gasteiger partial charge in [0.1, 0.15) is 0 Å². The lowest BCUT2D eigenvalue weighted by atomic mass is 9.99. The van der Waals surface area contributed by atoms with Crippen molar-refractivity contribution < 1.29 is 15.0 Å². The van der Waals surface area contributed by atoms with Gasteiger partial charge in [0.2, 0.25) is 5.91 Å². The molecule has 0 aliphatic carbocycles. The number of nitrogens with zero attached hydrogens (tertiary/aromatic N) is 1. The Morgan fingerprint density at radius 1 is 1.26 bits per heavy atom. The number of amides is 1. The lowest BCUT2D eigenvalue weighted by Crippen LogP contribution is -2.43. The van der Waals surface area contributed by atoms with Gasteiger partial charge < -0.3 is 20.4 Å². The van der Waals surface area contributed by atoms with Crippen molar-refractivity contribution in [3.05, 3.63) is 35.9 Å². The largest absolute Gasteiger partial charge is 0.390 e. The first-order valence-corrected chi connectivity index (χ1v) is 8.44. The van der Waals surface area contributed by atoms with Gasteiger partial charge in [-0.2, -0.15) is 0 Å². The van der Waals surface area contributed by atoms with Crippen molar-refractivity contribution in [2.75, 3.05) is 26.2 Å². The van der Waals surface area contributed by atoms with Gasteiger partial charge in [-0.3, -0.25) is 4.79 Å². The number of rotatable bonds is 7. The van der Waals surface area contributed by atoms with E-state index in [1.54, 1.807) is 12.1 Å². The standard InChI is InChI=1S/C18H28N2O3/c1-14-7-9-20(10-8-14)13-16(21)12-19-18(23)11-17(22)15-5-3-2-4-6-15/h2-6,14,16-17,21-22H,7-13H2,1H3,(H,19,23). The van der Waals surface area contributed by atoms with Crippen molar-refractivity contribution in [1.82, 2.24) is 10.2 Å². The summed E-state index contributed by atoms with van der Waals surface area (Å²) in [5.41, 5.74) is 0.727. The van der Waals surface area contributed by atoms with E-state index in [-0.39, 0.29) is 18.9 Å². The fourth-order valence-corrected chi connectivity index (χ4v) is 2.88. The minimum Gasteiger partial charge on any atom is -0.390 e. The minimum atomic E-state index is -0.808. The summed E-state index contributed by atoms with van der Waals surface area (Å²) in [5.74, 6) is 0.523. The van der Waals surface area contributed by atoms with Gasteiger partial charge in [-0.05, 0) is 37.4 Å². The van der Waals surface area contributed by atoms with Gasteiger partial charge >= 0.3 is 0 Å². The van der Waals surface area contributed by atoms with E-state index in [0.29, 0.717) is 6.54 Å². The molecule has 2 unspecified atom stereocenters. The fraction of sp³-hybridized carbons (Fsp3) is 0.611. The van der Waals surface area contributed by atoms with Crippen LogP contribution in [0.15, 0.2) is 30.3 Å². The third-order valence-corrected chi connectivity index (χ3v) is 4.44. The summed E-state index contributed by atoms with van der Waals surface area (Å²) in [7, 11) is 0. The quantitative estimate of drug-likeness (QED) is 0.708. The van der Waals surface area contributed by atoms with Crippen LogP contribution in [0.1, 0.15) is 37.9 Å². The first kappa shape index (κ1) is 17.9. The van der Waals surface area contributed by atoms with Crippen LogP contribution in [0.25, 0.3) is 0 Å². The summed E-state index contributed by atoms with van der Waals surface area (Å²) in [5, 5.41) is 22.8. The van der Waals surface area contributed by atoms with Gasteiger partial charge in [0, 0.05) is 13.1 Å². The van der Waals surface area contributed by atoms with Gasteiger partial charge in [-0.25, -0.2) is 0 Å². The molecule has 0 bridgehead atoms. The number of likely N-dealkylation sites (tertiary alicyclic amines) is 1. The molecular formula is C18H28N2O3. The van der Waals surface area contributed by atoms with E-state index >= 15 is 0 Å². The first-order valence-electron chi connectivity index (χ1n) is 8.44. The lowest BCUT2D eigenvalue weighted by Gasteiger charge is -2.31. The Labute approximate surface area is 138 Å². The van der Waals surface area contributed by atoms with Gasteiger partial charge in [0.25, 0.3) is 0 Å². The number of aliphatic hydroxyl groups is 2. The number of hydrogen-bond donors (Lipinski definition) is 3. The molecule has 1 fully saturated rings. The average Bonchev–Trinajstić information content (AvgIpc) is 2.56. The SMILES string of the molecule is CC1CCN(CC(O)CNC(=O)CC(O)c2ccccc2)CC1. The number of piperidine rings is 1. The van der Waals surface area contributed by atoms with Crippen LogP contribution in [0.4, 0.5) is 0 Å². The Morgan fingerprint density at radius 3 is 2.57 bits per heavy atom. The molecule has 1 aliphatic heterocycles. The van der Waals surface area contributed by atoms with Crippen molar-refractivity contribution in [1.29, 1.82) is 0 Å². The minimum absolute atomic E-state index is 0.0119. The summed E-state index contributed by atoms with van der Waals surface area (Å²) < 4.78 is 0. The van der Waals surface area contributed by atoms with Crippen molar-refractivity contribution >= 4 is 5.91 Å². The summed E-state index contributed by atoms with van der Waals surface area (Å²) in [4.78, 5) is 14.1. The van der Waals surface area contributed by atoms with E-state index in [2.05, 4.69) is 17.1 Å². The Morgan fingerprint density at radius 2 is 1.91 bits per heavy atom. The molecule has 0 aromatic heterocycles. The normalized spacial score (nSPS) is 19.3. The van der Waals surface area contributed by atoms with Crippen molar-refractivity contribution in [3.8, 4) is 0 Å². The molecule has 128 valence electrons. The van der Waals surface area contributed by atoms with Gasteiger partial charge in [0.15, 0.2) is 0 Å². The van der Waals surface area contributed by atoms with Crippen LogP contribution in [0.2, 0.25) is 0 Å². The number of carbonyl (C=O) groups excluding carboxylic acids is 1. The Balaban J connectivity index is 1.65. The number of hydrogen-bond acceptors (Lipinski definition) is 4. The Kier molecular flexibility index (Phi) is 7.02. The number of aliphatic hydroxyl groups excluding tert-OH is 2. The maximum absolute atomic E-state index is 11.9. The van der Waals surface area contributed by atoms with E-state index in [4.69, 9.17) is 0 Å². The molecule has 1 aromatic rings. The molecule has 23 heavy (non-hydrogen) atoms. The predicted octanol–water partition coefficient (Wildman–Crippen LogP) is 1.32. The number of β-amino-alcohol motifs (C(OH)–C–C–N with tert-alkyl or cyclic N) is 1. The molecule has 1 aliphatic rings. The molecule has 1 amide bonds. The van der Waals surface area contributed by atoms with E-state index in [9.17, 15) is 15.0 Å². The second kappa shape index (κ2) is 9.01. The van der Waals surface area contributed by atoms with Gasteiger partial charge in [-0.1, -0.05) is 37.3 Å². The van der Waals surface area contributed by atoms with Crippen LogP contribution in [-0.4, -0.2) is 53.3 Å². The Hall–Kier alpha value is -1.43. The van der Waals surface area contributed by atoms with E-state index in [0.717, 1.165) is 24.6 Å². The van der Waals surface area contributed by atoms with Crippen molar-refractivity contribution in [2.45, 2.75) is 38.4 Å². The van der Waals surface area contributed by atoms with Gasteiger partial charge in [0.05, 0.1) is 18.6 Å². The molecule has 1 heterocycles. The zero-order chi connectivity index (χ0) is 16.7. The van der Waals surface area contributed by atoms with E-state index in [1.165, 1.54) is 12.8 Å². The molecule has 2 atom stereocenters. The molecule has 1 aromatic carbocycles. The summed E-state index contributed by atoms with van der Waals surface area (Å²) in [6, 6.07) is 9.13. The molecule has 0 spiro atoms. The third-order valence-electron chi connectivity index (χ3n) is 4.44. The number of benzene rings is 1. The topological polar surface area (TPSA) is 72.8 Å². The Bertz CT molecular complexity index is 472. The smallest absolute Gasteiger partial charge is 0.223 e. The van der Waals surface area contributed by atoms with Crippen LogP contribution in [0.3, 0.4) is 0 Å². The highest BCUT2D eigenvalue weighted by molar-refractivity contribution is 5.76. The van der Waals surface area contributed by atoms with Crippen LogP contribution in [-0.2, 0) is 4.79 Å². The average molecular weight is 320 g/mol. The molecule has 0 saturated carbocycles. The number of carbonyl (C=O) groups is 1.